The van der Waals surface area contributed by atoms with E-state index in [1.807, 2.05) is 0 Å². The molecule has 1 aromatic heterocycles. The van der Waals surface area contributed by atoms with E-state index in [-0.39, 0.29) is 0 Å². The maximum absolute atomic E-state index is 4.52. The zero-order chi connectivity index (χ0) is 14.3. The molecule has 19 heavy (non-hydrogen) atoms. The first-order valence-corrected chi connectivity index (χ1v) is 7.28. The van der Waals surface area contributed by atoms with Crippen molar-refractivity contribution in [3.63, 3.8) is 0 Å². The van der Waals surface area contributed by atoms with Crippen LogP contribution in [0.2, 0.25) is 0 Å². The van der Waals surface area contributed by atoms with Crippen molar-refractivity contribution in [3.05, 3.63) is 11.4 Å². The molecule has 5 nitrogen and oxygen atoms in total. The SMILES string of the molecule is CCc1nnc(NCCN(C)C(C)CC)nc1CC. The van der Waals surface area contributed by atoms with Crippen LogP contribution in [0.1, 0.15) is 45.5 Å². The zero-order valence-corrected chi connectivity index (χ0v) is 12.9. The van der Waals surface area contributed by atoms with Crippen LogP contribution in [-0.2, 0) is 12.8 Å². The standard InChI is InChI=1S/C14H27N5/c1-6-11(4)19(5)10-9-15-14-16-12(7-2)13(8-3)17-18-14/h11H,6-10H2,1-5H3,(H,15,16,18). The number of nitrogens with zero attached hydrogens (tertiary/aromatic N) is 4. The molecule has 0 saturated heterocycles. The van der Waals surface area contributed by atoms with Crippen LogP contribution in [0.4, 0.5) is 5.95 Å². The molecule has 1 unspecified atom stereocenters. The first-order chi connectivity index (χ1) is 9.12. The van der Waals surface area contributed by atoms with E-state index in [2.05, 4.69) is 60.1 Å². The normalized spacial score (nSPS) is 12.7. The number of rotatable bonds is 8. The first-order valence-electron chi connectivity index (χ1n) is 7.28. The minimum absolute atomic E-state index is 0.606. The van der Waals surface area contributed by atoms with Gasteiger partial charge in [0.25, 0.3) is 0 Å². The molecular weight excluding hydrogens is 238 g/mol. The summed E-state index contributed by atoms with van der Waals surface area (Å²) < 4.78 is 0. The highest BCUT2D eigenvalue weighted by Gasteiger charge is 2.08. The number of hydrogen-bond donors (Lipinski definition) is 1. The van der Waals surface area contributed by atoms with Crippen LogP contribution in [0.5, 0.6) is 0 Å². The van der Waals surface area contributed by atoms with E-state index in [0.29, 0.717) is 12.0 Å². The van der Waals surface area contributed by atoms with Crippen molar-refractivity contribution in [2.75, 3.05) is 25.5 Å². The van der Waals surface area contributed by atoms with Crippen molar-refractivity contribution in [2.45, 2.75) is 53.0 Å². The lowest BCUT2D eigenvalue weighted by Crippen LogP contribution is -2.33. The second-order valence-electron chi connectivity index (χ2n) is 4.90. The Balaban J connectivity index is 2.50. The smallest absolute Gasteiger partial charge is 0.243 e. The molecule has 0 bridgehead atoms. The molecule has 0 fully saturated rings. The Morgan fingerprint density at radius 2 is 1.79 bits per heavy atom. The Kier molecular flexibility index (Phi) is 6.70. The van der Waals surface area contributed by atoms with Gasteiger partial charge in [0.1, 0.15) is 0 Å². The van der Waals surface area contributed by atoms with Gasteiger partial charge >= 0.3 is 0 Å². The Morgan fingerprint density at radius 1 is 1.11 bits per heavy atom. The Bertz CT molecular complexity index is 380. The number of hydrogen-bond acceptors (Lipinski definition) is 5. The maximum Gasteiger partial charge on any atom is 0.243 e. The fourth-order valence-electron chi connectivity index (χ4n) is 1.89. The highest BCUT2D eigenvalue weighted by atomic mass is 15.2. The lowest BCUT2D eigenvalue weighted by Gasteiger charge is -2.23. The van der Waals surface area contributed by atoms with Crippen molar-refractivity contribution >= 4 is 5.95 Å². The average Bonchev–Trinajstić information content (AvgIpc) is 2.45. The second-order valence-corrected chi connectivity index (χ2v) is 4.90. The van der Waals surface area contributed by atoms with Crippen LogP contribution >= 0.6 is 0 Å². The zero-order valence-electron chi connectivity index (χ0n) is 12.9. The third kappa shape index (κ3) is 4.74. The Labute approximate surface area is 116 Å². The third-order valence-corrected chi connectivity index (χ3v) is 3.60. The van der Waals surface area contributed by atoms with Crippen LogP contribution in [0.3, 0.4) is 0 Å². The van der Waals surface area contributed by atoms with E-state index in [9.17, 15) is 0 Å². The topological polar surface area (TPSA) is 53.9 Å². The molecule has 0 aliphatic heterocycles. The molecule has 5 heteroatoms. The van der Waals surface area contributed by atoms with Gasteiger partial charge in [0, 0.05) is 19.1 Å². The highest BCUT2D eigenvalue weighted by Crippen LogP contribution is 2.06. The number of aryl methyl sites for hydroxylation is 2. The molecular formula is C14H27N5. The van der Waals surface area contributed by atoms with Crippen molar-refractivity contribution in [2.24, 2.45) is 0 Å². The van der Waals surface area contributed by atoms with E-state index in [1.165, 1.54) is 6.42 Å². The van der Waals surface area contributed by atoms with Crippen LogP contribution in [0, 0.1) is 0 Å². The molecule has 0 aromatic carbocycles. The molecule has 0 saturated carbocycles. The van der Waals surface area contributed by atoms with E-state index >= 15 is 0 Å². The molecule has 0 aliphatic rings. The van der Waals surface area contributed by atoms with Crippen molar-refractivity contribution in [3.8, 4) is 0 Å². The molecule has 1 N–H and O–H groups in total. The monoisotopic (exact) mass is 265 g/mol. The predicted octanol–water partition coefficient (Wildman–Crippen LogP) is 2.14. The van der Waals surface area contributed by atoms with Crippen molar-refractivity contribution in [1.82, 2.24) is 20.1 Å². The lowest BCUT2D eigenvalue weighted by atomic mass is 10.2. The number of likely N-dealkylation sites (N-methyl/N-ethyl adjacent to an activating group) is 1. The molecule has 0 radical (unpaired) electrons. The first kappa shape index (κ1) is 15.8. The molecule has 1 heterocycles. The summed E-state index contributed by atoms with van der Waals surface area (Å²) in [7, 11) is 2.15. The second kappa shape index (κ2) is 8.04. The van der Waals surface area contributed by atoms with Crippen molar-refractivity contribution in [1.29, 1.82) is 0 Å². The molecule has 1 aromatic rings. The summed E-state index contributed by atoms with van der Waals surface area (Å²) in [6, 6.07) is 0.606. The van der Waals surface area contributed by atoms with Crippen molar-refractivity contribution < 1.29 is 0 Å². The maximum atomic E-state index is 4.52. The Hall–Kier alpha value is -1.23. The fraction of sp³-hybridized carbons (Fsp3) is 0.786. The van der Waals surface area contributed by atoms with Gasteiger partial charge in [0.2, 0.25) is 5.95 Å². The molecule has 108 valence electrons. The van der Waals surface area contributed by atoms with Gasteiger partial charge < -0.3 is 10.2 Å². The van der Waals surface area contributed by atoms with Gasteiger partial charge in [-0.05, 0) is 33.2 Å². The van der Waals surface area contributed by atoms with E-state index in [0.717, 1.165) is 37.3 Å². The van der Waals surface area contributed by atoms with Gasteiger partial charge in [0.15, 0.2) is 0 Å². The van der Waals surface area contributed by atoms with Gasteiger partial charge in [-0.1, -0.05) is 20.8 Å². The fourth-order valence-corrected chi connectivity index (χ4v) is 1.89. The summed E-state index contributed by atoms with van der Waals surface area (Å²) >= 11 is 0. The van der Waals surface area contributed by atoms with Crippen LogP contribution < -0.4 is 5.32 Å². The third-order valence-electron chi connectivity index (χ3n) is 3.60. The van der Waals surface area contributed by atoms with Crippen LogP contribution in [0.25, 0.3) is 0 Å². The summed E-state index contributed by atoms with van der Waals surface area (Å²) in [5.74, 6) is 0.645. The summed E-state index contributed by atoms with van der Waals surface area (Å²) in [6.45, 7) is 10.5. The highest BCUT2D eigenvalue weighted by molar-refractivity contribution is 5.25. The number of nitrogens with one attached hydrogen (secondary N) is 1. The van der Waals surface area contributed by atoms with Gasteiger partial charge in [-0.15, -0.1) is 5.10 Å². The quantitative estimate of drug-likeness (QED) is 0.780. The van der Waals surface area contributed by atoms with E-state index < -0.39 is 0 Å². The molecule has 0 aliphatic carbocycles. The van der Waals surface area contributed by atoms with Gasteiger partial charge in [-0.2, -0.15) is 5.10 Å². The summed E-state index contributed by atoms with van der Waals surface area (Å²) in [4.78, 5) is 6.86. The largest absolute Gasteiger partial charge is 0.352 e. The number of aromatic nitrogens is 3. The van der Waals surface area contributed by atoms with E-state index in [4.69, 9.17) is 0 Å². The molecule has 1 rings (SSSR count). The minimum atomic E-state index is 0.606. The predicted molar refractivity (Wildman–Crippen MR) is 79.5 cm³/mol. The van der Waals surface area contributed by atoms with Gasteiger partial charge in [-0.3, -0.25) is 0 Å². The Morgan fingerprint density at radius 3 is 2.37 bits per heavy atom. The van der Waals surface area contributed by atoms with Crippen LogP contribution in [0.15, 0.2) is 0 Å². The summed E-state index contributed by atoms with van der Waals surface area (Å²) in [5, 5.41) is 11.6. The number of anilines is 1. The van der Waals surface area contributed by atoms with Gasteiger partial charge in [-0.25, -0.2) is 4.98 Å². The summed E-state index contributed by atoms with van der Waals surface area (Å²) in [6.07, 6.45) is 2.96. The molecule has 1 atom stereocenters. The minimum Gasteiger partial charge on any atom is -0.352 e. The summed E-state index contributed by atoms with van der Waals surface area (Å²) in [5.41, 5.74) is 2.06. The van der Waals surface area contributed by atoms with E-state index in [1.54, 1.807) is 0 Å². The molecule has 0 amide bonds. The van der Waals surface area contributed by atoms with Crippen LogP contribution in [-0.4, -0.2) is 46.3 Å². The molecule has 0 spiro atoms. The van der Waals surface area contributed by atoms with Gasteiger partial charge in [0.05, 0.1) is 11.4 Å². The average molecular weight is 265 g/mol. The lowest BCUT2D eigenvalue weighted by molar-refractivity contribution is 0.261.